The molecule has 2 spiro atoms. The van der Waals surface area contributed by atoms with Gasteiger partial charge < -0.3 is 84.2 Å². The van der Waals surface area contributed by atoms with E-state index in [1.54, 1.807) is 13.8 Å². The lowest BCUT2D eigenvalue weighted by Crippen LogP contribution is -2.65. The molecule has 0 aromatic heterocycles. The van der Waals surface area contributed by atoms with Crippen LogP contribution in [-0.2, 0) is 33.2 Å². The first-order chi connectivity index (χ1) is 28.8. The maximum Gasteiger partial charge on any atom is 0.186 e. The summed E-state index contributed by atoms with van der Waals surface area (Å²) in [5, 5.41) is 109. The molecule has 0 unspecified atom stereocenters. The number of aliphatic hydroxyl groups is 10. The summed E-state index contributed by atoms with van der Waals surface area (Å²) in [7, 11) is 0. The van der Waals surface area contributed by atoms with E-state index in [1.807, 2.05) is 0 Å². The molecule has 0 amide bonds. The molecule has 10 N–H and O–H groups in total. The van der Waals surface area contributed by atoms with Gasteiger partial charge in [0.2, 0.25) is 0 Å². The monoisotopic (exact) mass is 886 g/mol. The van der Waals surface area contributed by atoms with Gasteiger partial charge in [0.25, 0.3) is 0 Å². The van der Waals surface area contributed by atoms with E-state index in [4.69, 9.17) is 33.2 Å². The van der Waals surface area contributed by atoms with Crippen LogP contribution in [0.15, 0.2) is 0 Å². The Balaban J connectivity index is 1.03. The average molecular weight is 887 g/mol. The van der Waals surface area contributed by atoms with E-state index in [2.05, 4.69) is 34.6 Å². The molecule has 17 nitrogen and oxygen atoms in total. The first kappa shape index (κ1) is 46.4. The van der Waals surface area contributed by atoms with Gasteiger partial charge in [-0.1, -0.05) is 27.7 Å². The Labute approximate surface area is 363 Å². The van der Waals surface area contributed by atoms with Gasteiger partial charge in [0, 0.05) is 5.92 Å². The van der Waals surface area contributed by atoms with Crippen molar-refractivity contribution >= 4 is 0 Å². The lowest BCUT2D eigenvalue weighted by molar-refractivity contribution is -0.359. The molecule has 62 heavy (non-hydrogen) atoms. The molecule has 4 heterocycles. The number of ether oxygens (including phenoxy) is 7. The van der Waals surface area contributed by atoms with Crippen molar-refractivity contribution in [3.63, 3.8) is 0 Å². The van der Waals surface area contributed by atoms with E-state index in [9.17, 15) is 51.1 Å². The summed E-state index contributed by atoms with van der Waals surface area (Å²) in [5.41, 5.74) is -3.33. The quantitative estimate of drug-likeness (QED) is 0.142. The standard InChI is InChI=1S/C45H74O17/c1-39(2)26(60-38-33(30(52)23(49)18-58-38)61-37-32(54)29(51)22(48)17-57-37)9-11-45-19-44(45)13-12-41(5)34(43(7)10-8-27(62-43)40(3,4)55)20(46)15-42(41,6)25(44)14-24(35(39)45)59-36-31(53)28(50)21(47)16-56-36/h20-38,46-55H,8-19H2,1-7H3/t20-,21-,22-,23-,24-,25-,26-,27-,28-,29-,30-,31-,32-,33-,34-,35+,36-,37-,38-,41+,42-,43+,44-,45+/m0/s1. The number of fused-ring (bicyclic) bond motifs is 2. The molecule has 9 rings (SSSR count). The molecule has 0 aromatic rings. The van der Waals surface area contributed by atoms with Crippen molar-refractivity contribution in [2.45, 2.75) is 216 Å². The maximum absolute atomic E-state index is 12.3. The summed E-state index contributed by atoms with van der Waals surface area (Å²) in [5.74, 6) is -0.256. The number of aliphatic hydroxyl groups excluding tert-OH is 9. The largest absolute Gasteiger partial charge is 0.393 e. The van der Waals surface area contributed by atoms with Crippen molar-refractivity contribution in [3.8, 4) is 0 Å². The first-order valence-corrected chi connectivity index (χ1v) is 23.2. The van der Waals surface area contributed by atoms with Crippen molar-refractivity contribution in [2.24, 2.45) is 44.8 Å². The topological polar surface area (TPSA) is 267 Å². The lowest BCUT2D eigenvalue weighted by Gasteiger charge is -2.65. The Morgan fingerprint density at radius 3 is 1.74 bits per heavy atom. The fraction of sp³-hybridized carbons (Fsp3) is 1.00. The van der Waals surface area contributed by atoms with Crippen LogP contribution in [0.25, 0.3) is 0 Å². The average Bonchev–Trinajstić information content (AvgIpc) is 3.56. The zero-order valence-corrected chi connectivity index (χ0v) is 37.3. The van der Waals surface area contributed by atoms with E-state index < -0.39 is 109 Å². The second-order valence-electron chi connectivity index (χ2n) is 23.0. The summed E-state index contributed by atoms with van der Waals surface area (Å²) in [6.45, 7) is 13.8. The van der Waals surface area contributed by atoms with E-state index in [0.717, 1.165) is 32.1 Å². The molecule has 9 fully saturated rings. The first-order valence-electron chi connectivity index (χ1n) is 23.2. The van der Waals surface area contributed by atoms with Crippen molar-refractivity contribution in [2.75, 3.05) is 19.8 Å². The van der Waals surface area contributed by atoms with Crippen molar-refractivity contribution < 1.29 is 84.2 Å². The molecule has 356 valence electrons. The van der Waals surface area contributed by atoms with Crippen molar-refractivity contribution in [1.29, 1.82) is 0 Å². The Hall–Kier alpha value is -0.680. The molecular formula is C45H74O17. The van der Waals surface area contributed by atoms with Gasteiger partial charge in [-0.3, -0.25) is 0 Å². The van der Waals surface area contributed by atoms with Crippen LogP contribution in [0.4, 0.5) is 0 Å². The molecule has 9 aliphatic rings. The van der Waals surface area contributed by atoms with E-state index in [-0.39, 0.29) is 65.3 Å². The third kappa shape index (κ3) is 6.72. The third-order valence-corrected chi connectivity index (χ3v) is 18.9. The molecule has 4 aliphatic heterocycles. The second-order valence-corrected chi connectivity index (χ2v) is 23.0. The van der Waals surface area contributed by atoms with Gasteiger partial charge >= 0.3 is 0 Å². The molecule has 5 saturated carbocycles. The molecule has 24 atom stereocenters. The van der Waals surface area contributed by atoms with Crippen LogP contribution in [0.3, 0.4) is 0 Å². The van der Waals surface area contributed by atoms with Crippen LogP contribution < -0.4 is 0 Å². The predicted molar refractivity (Wildman–Crippen MR) is 214 cm³/mol. The van der Waals surface area contributed by atoms with Gasteiger partial charge in [-0.15, -0.1) is 0 Å². The fourth-order valence-corrected chi connectivity index (χ4v) is 15.8. The van der Waals surface area contributed by atoms with Gasteiger partial charge in [0.15, 0.2) is 18.9 Å². The Kier molecular flexibility index (Phi) is 11.5. The van der Waals surface area contributed by atoms with Gasteiger partial charge in [-0.25, -0.2) is 0 Å². The highest BCUT2D eigenvalue weighted by molar-refractivity contribution is 5.33. The lowest BCUT2D eigenvalue weighted by atomic mass is 9.41. The molecule has 0 radical (unpaired) electrons. The smallest absolute Gasteiger partial charge is 0.186 e. The second kappa shape index (κ2) is 15.4. The van der Waals surface area contributed by atoms with Crippen molar-refractivity contribution in [3.05, 3.63) is 0 Å². The van der Waals surface area contributed by atoms with Crippen LogP contribution in [0.1, 0.15) is 106 Å². The van der Waals surface area contributed by atoms with E-state index in [0.29, 0.717) is 25.7 Å². The summed E-state index contributed by atoms with van der Waals surface area (Å²) >= 11 is 0. The summed E-state index contributed by atoms with van der Waals surface area (Å²) in [6.07, 6.45) is -12.2. The van der Waals surface area contributed by atoms with Crippen LogP contribution in [0.5, 0.6) is 0 Å². The SMILES string of the molecule is CC(C)(O)[C@@H]1CC[C@](C)([C@H]2[C@@H](O)C[C@@]3(C)[C@@H]4C[C@H](O[C@@H]5OC[C@H](O)[C@H](O)[C@@H]5O)[C@@H]5C(C)(C)[C@@H](O[C@@H]6OC[C@H](O)[C@H](O)[C@@H]6O[C@@H]6OC[C@H](O)[C@H](O)[C@@H]6O)CC[C@@]56C[C@@]46CC[C@]23C)O1. The van der Waals surface area contributed by atoms with Crippen LogP contribution in [0, 0.1) is 44.8 Å². The van der Waals surface area contributed by atoms with Crippen LogP contribution in [-0.4, -0.2) is 180 Å². The predicted octanol–water partition coefficient (Wildman–Crippen LogP) is -0.173. The molecule has 0 aromatic carbocycles. The molecular weight excluding hydrogens is 812 g/mol. The van der Waals surface area contributed by atoms with Gasteiger partial charge in [0.1, 0.15) is 54.9 Å². The summed E-state index contributed by atoms with van der Waals surface area (Å²) in [4.78, 5) is 0. The van der Waals surface area contributed by atoms with Crippen LogP contribution >= 0.6 is 0 Å². The molecule has 0 bridgehead atoms. The molecule has 5 aliphatic carbocycles. The summed E-state index contributed by atoms with van der Waals surface area (Å²) in [6, 6.07) is 0. The zero-order valence-electron chi connectivity index (χ0n) is 37.3. The highest BCUT2D eigenvalue weighted by atomic mass is 16.8. The number of hydrogen-bond donors (Lipinski definition) is 10. The van der Waals surface area contributed by atoms with Crippen LogP contribution in [0.2, 0.25) is 0 Å². The highest BCUT2D eigenvalue weighted by Crippen LogP contribution is 2.89. The van der Waals surface area contributed by atoms with Gasteiger partial charge in [-0.05, 0) is 117 Å². The van der Waals surface area contributed by atoms with E-state index in [1.165, 1.54) is 0 Å². The Bertz CT molecular complexity index is 1660. The molecule has 17 heteroatoms. The number of rotatable bonds is 8. The Morgan fingerprint density at radius 1 is 0.565 bits per heavy atom. The van der Waals surface area contributed by atoms with Gasteiger partial charge in [-0.2, -0.15) is 0 Å². The van der Waals surface area contributed by atoms with E-state index >= 15 is 0 Å². The maximum atomic E-state index is 12.3. The van der Waals surface area contributed by atoms with Gasteiger partial charge in [0.05, 0.1) is 55.4 Å². The molecule has 4 saturated heterocycles. The third-order valence-electron chi connectivity index (χ3n) is 18.9. The Morgan fingerprint density at radius 2 is 1.15 bits per heavy atom. The zero-order chi connectivity index (χ0) is 44.9. The fourth-order valence-electron chi connectivity index (χ4n) is 15.8. The van der Waals surface area contributed by atoms with Crippen molar-refractivity contribution in [1.82, 2.24) is 0 Å². The number of hydrogen-bond acceptors (Lipinski definition) is 17. The highest BCUT2D eigenvalue weighted by Gasteiger charge is 2.85. The minimum Gasteiger partial charge on any atom is -0.393 e. The summed E-state index contributed by atoms with van der Waals surface area (Å²) < 4.78 is 44.0. The normalized spacial score (nSPS) is 58.5. The minimum atomic E-state index is -1.65. The minimum absolute atomic E-state index is 0.0927.